The third-order valence-corrected chi connectivity index (χ3v) is 7.23. The van der Waals surface area contributed by atoms with Crippen molar-refractivity contribution in [3.8, 4) is 28.5 Å². The van der Waals surface area contributed by atoms with Crippen LogP contribution in [0.4, 0.5) is 0 Å². The number of hydrogen-bond donors (Lipinski definition) is 1. The summed E-state index contributed by atoms with van der Waals surface area (Å²) in [5.74, 6) is 0.357. The van der Waals surface area contributed by atoms with Crippen molar-refractivity contribution >= 4 is 17.7 Å². The lowest BCUT2D eigenvalue weighted by Crippen LogP contribution is -2.23. The first-order valence-corrected chi connectivity index (χ1v) is 12.6. The second-order valence-electron chi connectivity index (χ2n) is 8.69. The van der Waals surface area contributed by atoms with Gasteiger partial charge in [-0.1, -0.05) is 72.4 Å². The number of nitriles is 1. The van der Waals surface area contributed by atoms with Crippen molar-refractivity contribution in [1.82, 2.24) is 9.78 Å². The van der Waals surface area contributed by atoms with Gasteiger partial charge in [-0.05, 0) is 43.1 Å². The molecule has 1 heterocycles. The molecule has 0 aliphatic heterocycles. The van der Waals surface area contributed by atoms with Gasteiger partial charge in [0.15, 0.2) is 0 Å². The van der Waals surface area contributed by atoms with E-state index in [0.717, 1.165) is 59.6 Å². The molecule has 1 N–H and O–H groups in total. The highest BCUT2D eigenvalue weighted by molar-refractivity contribution is 7.99. The van der Waals surface area contributed by atoms with Gasteiger partial charge in [0.2, 0.25) is 0 Å². The van der Waals surface area contributed by atoms with Crippen molar-refractivity contribution in [3.05, 3.63) is 60.7 Å². The minimum absolute atomic E-state index is 0.225. The predicted octanol–water partition coefficient (Wildman–Crippen LogP) is 5.74. The average molecular weight is 476 g/mol. The number of aliphatic carboxylic acids is 1. The normalized spacial score (nSPS) is 17.9. The highest BCUT2D eigenvalue weighted by Crippen LogP contribution is 2.40. The lowest BCUT2D eigenvalue weighted by molar-refractivity contribution is -0.142. The fraction of sp³-hybridized carbons (Fsp3) is 0.370. The van der Waals surface area contributed by atoms with Gasteiger partial charge in [-0.15, -0.1) is 0 Å². The SMILES string of the molecule is N#CCSc1c(-c2ccccc2)c(-c2ccccc2)nn1C[C@H]1CC[C@H](COCC(=O)O)CC1. The minimum atomic E-state index is -0.918. The van der Waals surface area contributed by atoms with Crippen molar-refractivity contribution in [1.29, 1.82) is 5.26 Å². The molecule has 1 aliphatic rings. The Hall–Kier alpha value is -3.08. The molecule has 0 radical (unpaired) electrons. The van der Waals surface area contributed by atoms with Gasteiger partial charge in [-0.3, -0.25) is 4.68 Å². The summed E-state index contributed by atoms with van der Waals surface area (Å²) in [4.78, 5) is 10.7. The number of nitrogens with zero attached hydrogens (tertiary/aromatic N) is 3. The maximum Gasteiger partial charge on any atom is 0.329 e. The zero-order valence-electron chi connectivity index (χ0n) is 19.1. The summed E-state index contributed by atoms with van der Waals surface area (Å²) in [5.41, 5.74) is 4.20. The van der Waals surface area contributed by atoms with Crippen LogP contribution in [0.1, 0.15) is 25.7 Å². The van der Waals surface area contributed by atoms with Crippen LogP contribution in [-0.4, -0.2) is 39.8 Å². The van der Waals surface area contributed by atoms with Gasteiger partial charge in [-0.2, -0.15) is 10.4 Å². The summed E-state index contributed by atoms with van der Waals surface area (Å²) in [7, 11) is 0. The highest BCUT2D eigenvalue weighted by atomic mass is 32.2. The topological polar surface area (TPSA) is 88.1 Å². The smallest absolute Gasteiger partial charge is 0.329 e. The molecule has 3 aromatic rings. The number of carboxylic acid groups (broad SMARTS) is 1. The third kappa shape index (κ3) is 6.07. The van der Waals surface area contributed by atoms with Crippen molar-refractivity contribution in [2.45, 2.75) is 37.3 Å². The number of benzene rings is 2. The summed E-state index contributed by atoms with van der Waals surface area (Å²) in [5, 5.41) is 24.2. The van der Waals surface area contributed by atoms with E-state index in [2.05, 4.69) is 35.0 Å². The van der Waals surface area contributed by atoms with E-state index < -0.39 is 5.97 Å². The van der Waals surface area contributed by atoms with Crippen molar-refractivity contribution in [2.24, 2.45) is 11.8 Å². The first kappa shape index (κ1) is 24.1. The second kappa shape index (κ2) is 11.9. The van der Waals surface area contributed by atoms with Crippen LogP contribution in [0, 0.1) is 23.2 Å². The van der Waals surface area contributed by atoms with Gasteiger partial charge in [0.1, 0.15) is 17.3 Å². The van der Waals surface area contributed by atoms with Gasteiger partial charge in [0, 0.05) is 17.7 Å². The quantitative estimate of drug-likeness (QED) is 0.376. The molecule has 1 fully saturated rings. The van der Waals surface area contributed by atoms with E-state index in [9.17, 15) is 10.1 Å². The molecule has 2 aromatic carbocycles. The Morgan fingerprint density at radius 1 is 1.03 bits per heavy atom. The van der Waals surface area contributed by atoms with Crippen LogP contribution < -0.4 is 0 Å². The molecule has 0 spiro atoms. The Balaban J connectivity index is 1.58. The number of aromatic nitrogens is 2. The molecule has 1 aliphatic carbocycles. The molecule has 0 unspecified atom stereocenters. The lowest BCUT2D eigenvalue weighted by atomic mass is 9.82. The number of hydrogen-bond acceptors (Lipinski definition) is 5. The zero-order valence-corrected chi connectivity index (χ0v) is 19.9. The molecule has 1 aromatic heterocycles. The maximum absolute atomic E-state index is 10.7. The number of thioether (sulfide) groups is 1. The van der Waals surface area contributed by atoms with Crippen LogP contribution in [0.3, 0.4) is 0 Å². The Labute approximate surface area is 204 Å². The van der Waals surface area contributed by atoms with E-state index in [0.29, 0.717) is 24.2 Å². The molecule has 0 bridgehead atoms. The van der Waals surface area contributed by atoms with Crippen LogP contribution in [0.5, 0.6) is 0 Å². The summed E-state index contributed by atoms with van der Waals surface area (Å²) >= 11 is 1.55. The zero-order chi connectivity index (χ0) is 23.8. The van der Waals surface area contributed by atoms with Gasteiger partial charge in [0.05, 0.1) is 18.4 Å². The van der Waals surface area contributed by atoms with Crippen LogP contribution in [0.15, 0.2) is 65.7 Å². The van der Waals surface area contributed by atoms with Crippen LogP contribution in [-0.2, 0) is 16.1 Å². The fourth-order valence-electron chi connectivity index (χ4n) is 4.62. The number of ether oxygens (including phenoxy) is 1. The van der Waals surface area contributed by atoms with Crippen molar-refractivity contribution in [3.63, 3.8) is 0 Å². The molecule has 0 saturated heterocycles. The van der Waals surface area contributed by atoms with E-state index in [1.54, 1.807) is 11.8 Å². The van der Waals surface area contributed by atoms with Gasteiger partial charge in [0.25, 0.3) is 0 Å². The van der Waals surface area contributed by atoms with Gasteiger partial charge < -0.3 is 9.84 Å². The van der Waals surface area contributed by atoms with E-state index in [1.165, 1.54) is 0 Å². The standard InChI is InChI=1S/C27H29N3O3S/c28-15-16-34-27-25(22-7-3-1-4-8-22)26(23-9-5-2-6-10-23)29-30(27)17-20-11-13-21(14-12-20)18-33-19-24(31)32/h1-10,20-21H,11-14,16-19H2,(H,31,32)/t20-,21-. The van der Waals surface area contributed by atoms with Crippen molar-refractivity contribution < 1.29 is 14.6 Å². The summed E-state index contributed by atoms with van der Waals surface area (Å²) in [6, 6.07) is 22.8. The molecule has 176 valence electrons. The van der Waals surface area contributed by atoms with E-state index in [4.69, 9.17) is 14.9 Å². The summed E-state index contributed by atoms with van der Waals surface area (Å²) < 4.78 is 7.43. The first-order chi connectivity index (χ1) is 16.7. The first-order valence-electron chi connectivity index (χ1n) is 11.7. The minimum Gasteiger partial charge on any atom is -0.480 e. The van der Waals surface area contributed by atoms with E-state index in [-0.39, 0.29) is 6.61 Å². The van der Waals surface area contributed by atoms with Crippen molar-refractivity contribution in [2.75, 3.05) is 19.0 Å². The van der Waals surface area contributed by atoms with Gasteiger partial charge in [-0.25, -0.2) is 4.79 Å². The van der Waals surface area contributed by atoms with Crippen LogP contribution in [0.25, 0.3) is 22.4 Å². The molecular formula is C27H29N3O3S. The maximum atomic E-state index is 10.7. The highest BCUT2D eigenvalue weighted by Gasteiger charge is 2.26. The molecular weight excluding hydrogens is 446 g/mol. The molecule has 0 amide bonds. The Morgan fingerprint density at radius 3 is 2.26 bits per heavy atom. The Bertz CT molecular complexity index is 1120. The number of rotatable bonds is 10. The average Bonchev–Trinajstić information content (AvgIpc) is 3.22. The molecule has 7 heteroatoms. The molecule has 1 saturated carbocycles. The third-order valence-electron chi connectivity index (χ3n) is 6.27. The molecule has 0 atom stereocenters. The van der Waals surface area contributed by atoms with Crippen LogP contribution in [0.2, 0.25) is 0 Å². The second-order valence-corrected chi connectivity index (χ2v) is 9.65. The molecule has 4 rings (SSSR count). The van der Waals surface area contributed by atoms with Gasteiger partial charge >= 0.3 is 5.97 Å². The lowest BCUT2D eigenvalue weighted by Gasteiger charge is -2.28. The Morgan fingerprint density at radius 2 is 1.65 bits per heavy atom. The molecule has 34 heavy (non-hydrogen) atoms. The summed E-state index contributed by atoms with van der Waals surface area (Å²) in [6.07, 6.45) is 4.18. The number of carboxylic acids is 1. The summed E-state index contributed by atoms with van der Waals surface area (Å²) in [6.45, 7) is 1.10. The van der Waals surface area contributed by atoms with E-state index >= 15 is 0 Å². The van der Waals surface area contributed by atoms with E-state index in [1.807, 2.05) is 36.4 Å². The largest absolute Gasteiger partial charge is 0.480 e. The Kier molecular flexibility index (Phi) is 8.40. The monoisotopic (exact) mass is 475 g/mol. The fourth-order valence-corrected chi connectivity index (χ4v) is 5.44. The number of carbonyl (C=O) groups is 1. The predicted molar refractivity (Wildman–Crippen MR) is 133 cm³/mol. The molecule has 6 nitrogen and oxygen atoms in total. The van der Waals surface area contributed by atoms with Crippen LogP contribution >= 0.6 is 11.8 Å².